The first-order valence-electron chi connectivity index (χ1n) is 7.55. The van der Waals surface area contributed by atoms with E-state index in [9.17, 15) is 9.59 Å². The Bertz CT molecular complexity index is 713. The maximum atomic E-state index is 12.5. The Morgan fingerprint density at radius 3 is 2.14 bits per heavy atom. The van der Waals surface area contributed by atoms with Gasteiger partial charge < -0.3 is 4.90 Å². The maximum absolute atomic E-state index is 12.5. The van der Waals surface area contributed by atoms with Crippen LogP contribution in [0.3, 0.4) is 0 Å². The lowest BCUT2D eigenvalue weighted by molar-refractivity contribution is 0.0988. The zero-order valence-corrected chi connectivity index (χ0v) is 13.1. The average molecular weight is 293 g/mol. The SMILES string of the molecule is CC1=CC(=C2C(=O)c3ccccc3C2=O)C=CN1CC(C)C. The van der Waals surface area contributed by atoms with Crippen molar-refractivity contribution in [3.8, 4) is 0 Å². The zero-order chi connectivity index (χ0) is 15.9. The summed E-state index contributed by atoms with van der Waals surface area (Å²) < 4.78 is 0. The van der Waals surface area contributed by atoms with Gasteiger partial charge in [0.05, 0.1) is 5.57 Å². The Labute approximate surface area is 130 Å². The van der Waals surface area contributed by atoms with E-state index < -0.39 is 0 Å². The highest BCUT2D eigenvalue weighted by atomic mass is 16.2. The lowest BCUT2D eigenvalue weighted by atomic mass is 10.00. The fourth-order valence-electron chi connectivity index (χ4n) is 2.91. The highest BCUT2D eigenvalue weighted by Crippen LogP contribution is 2.31. The number of rotatable bonds is 2. The third kappa shape index (κ3) is 2.33. The van der Waals surface area contributed by atoms with E-state index in [0.717, 1.165) is 12.2 Å². The molecule has 0 atom stereocenters. The number of hydrogen-bond acceptors (Lipinski definition) is 3. The van der Waals surface area contributed by atoms with E-state index in [2.05, 4.69) is 18.7 Å². The van der Waals surface area contributed by atoms with Gasteiger partial charge in [0.1, 0.15) is 0 Å². The van der Waals surface area contributed by atoms with Crippen LogP contribution in [0.4, 0.5) is 0 Å². The highest BCUT2D eigenvalue weighted by molar-refractivity contribution is 6.40. The summed E-state index contributed by atoms with van der Waals surface area (Å²) in [6.07, 6.45) is 5.76. The van der Waals surface area contributed by atoms with Crippen LogP contribution in [-0.4, -0.2) is 23.0 Å². The van der Waals surface area contributed by atoms with Gasteiger partial charge in [-0.25, -0.2) is 0 Å². The minimum atomic E-state index is -0.165. The van der Waals surface area contributed by atoms with Gasteiger partial charge in [-0.15, -0.1) is 0 Å². The predicted molar refractivity (Wildman–Crippen MR) is 86.6 cm³/mol. The molecule has 1 aliphatic heterocycles. The van der Waals surface area contributed by atoms with Crippen molar-refractivity contribution in [2.24, 2.45) is 5.92 Å². The van der Waals surface area contributed by atoms with Gasteiger partial charge in [-0.2, -0.15) is 0 Å². The van der Waals surface area contributed by atoms with Gasteiger partial charge in [0.2, 0.25) is 0 Å². The number of fused-ring (bicyclic) bond motifs is 1. The molecule has 2 aliphatic rings. The molecule has 112 valence electrons. The predicted octanol–water partition coefficient (Wildman–Crippen LogP) is 3.75. The topological polar surface area (TPSA) is 37.4 Å². The quantitative estimate of drug-likeness (QED) is 0.615. The first-order valence-corrected chi connectivity index (χ1v) is 7.55. The van der Waals surface area contributed by atoms with Crippen LogP contribution in [0.2, 0.25) is 0 Å². The molecule has 3 nitrogen and oxygen atoms in total. The van der Waals surface area contributed by atoms with Crippen LogP contribution in [0.1, 0.15) is 41.5 Å². The number of benzene rings is 1. The van der Waals surface area contributed by atoms with Crippen LogP contribution in [0.15, 0.2) is 59.5 Å². The second kappa shape index (κ2) is 5.41. The van der Waals surface area contributed by atoms with Gasteiger partial charge in [-0.05, 0) is 30.6 Å². The van der Waals surface area contributed by atoms with Crippen molar-refractivity contribution in [2.45, 2.75) is 20.8 Å². The van der Waals surface area contributed by atoms with E-state index in [1.54, 1.807) is 24.3 Å². The first-order chi connectivity index (χ1) is 10.5. The average Bonchev–Trinajstić information content (AvgIpc) is 2.73. The molecular formula is C19H19NO2. The molecule has 1 aliphatic carbocycles. The Kier molecular flexibility index (Phi) is 3.57. The summed E-state index contributed by atoms with van der Waals surface area (Å²) in [5.74, 6) is 0.212. The Hall–Kier alpha value is -2.42. The summed E-state index contributed by atoms with van der Waals surface area (Å²) in [5.41, 5.74) is 3.08. The van der Waals surface area contributed by atoms with Crippen molar-refractivity contribution in [2.75, 3.05) is 6.54 Å². The van der Waals surface area contributed by atoms with Gasteiger partial charge in [0.15, 0.2) is 11.6 Å². The molecule has 1 aromatic rings. The largest absolute Gasteiger partial charge is 0.351 e. The van der Waals surface area contributed by atoms with E-state index in [4.69, 9.17) is 0 Å². The van der Waals surface area contributed by atoms with E-state index >= 15 is 0 Å². The number of ketones is 2. The Morgan fingerprint density at radius 1 is 1.05 bits per heavy atom. The lowest BCUT2D eigenvalue weighted by Crippen LogP contribution is -2.22. The van der Waals surface area contributed by atoms with Crippen LogP contribution in [0, 0.1) is 5.92 Å². The highest BCUT2D eigenvalue weighted by Gasteiger charge is 2.34. The molecule has 1 heterocycles. The smallest absolute Gasteiger partial charge is 0.198 e. The monoisotopic (exact) mass is 293 g/mol. The van der Waals surface area contributed by atoms with Crippen LogP contribution in [-0.2, 0) is 0 Å². The second-order valence-electron chi connectivity index (χ2n) is 6.18. The first kappa shape index (κ1) is 14.5. The van der Waals surface area contributed by atoms with Crippen LogP contribution in [0.25, 0.3) is 0 Å². The lowest BCUT2D eigenvalue weighted by Gasteiger charge is -2.26. The van der Waals surface area contributed by atoms with Crippen molar-refractivity contribution in [3.63, 3.8) is 0 Å². The normalized spacial score (nSPS) is 17.5. The number of nitrogens with zero attached hydrogens (tertiary/aromatic N) is 1. The van der Waals surface area contributed by atoms with Crippen molar-refractivity contribution in [3.05, 3.63) is 70.6 Å². The molecule has 1 aromatic carbocycles. The third-order valence-corrected chi connectivity index (χ3v) is 3.97. The molecule has 0 aromatic heterocycles. The van der Waals surface area contributed by atoms with E-state index in [1.165, 1.54) is 0 Å². The summed E-state index contributed by atoms with van der Waals surface area (Å²) in [5, 5.41) is 0. The molecule has 0 saturated carbocycles. The van der Waals surface area contributed by atoms with Crippen molar-refractivity contribution in [1.82, 2.24) is 4.90 Å². The van der Waals surface area contributed by atoms with Gasteiger partial charge in [-0.1, -0.05) is 38.1 Å². The van der Waals surface area contributed by atoms with Gasteiger partial charge in [-0.3, -0.25) is 9.59 Å². The second-order valence-corrected chi connectivity index (χ2v) is 6.18. The summed E-state index contributed by atoms with van der Waals surface area (Å²) >= 11 is 0. The minimum absolute atomic E-state index is 0.165. The molecule has 0 unspecified atom stereocenters. The molecule has 0 spiro atoms. The van der Waals surface area contributed by atoms with Crippen molar-refractivity contribution < 1.29 is 9.59 Å². The molecule has 22 heavy (non-hydrogen) atoms. The van der Waals surface area contributed by atoms with E-state index in [1.807, 2.05) is 25.3 Å². The van der Waals surface area contributed by atoms with Crippen molar-refractivity contribution in [1.29, 1.82) is 0 Å². The zero-order valence-electron chi connectivity index (χ0n) is 13.1. The summed E-state index contributed by atoms with van der Waals surface area (Å²) in [7, 11) is 0. The number of allylic oxidation sites excluding steroid dienone is 5. The molecule has 0 saturated heterocycles. The fraction of sp³-hybridized carbons (Fsp3) is 0.263. The van der Waals surface area contributed by atoms with Crippen molar-refractivity contribution >= 4 is 11.6 Å². The van der Waals surface area contributed by atoms with Crippen LogP contribution >= 0.6 is 0 Å². The number of carbonyl (C=O) groups is 2. The molecule has 0 N–H and O–H groups in total. The van der Waals surface area contributed by atoms with Crippen LogP contribution in [0.5, 0.6) is 0 Å². The Morgan fingerprint density at radius 2 is 1.64 bits per heavy atom. The molecule has 3 heteroatoms. The van der Waals surface area contributed by atoms with E-state index in [0.29, 0.717) is 28.2 Å². The van der Waals surface area contributed by atoms with Gasteiger partial charge in [0, 0.05) is 29.6 Å². The molecule has 3 rings (SSSR count). The molecule has 0 bridgehead atoms. The Balaban J connectivity index is 2.00. The number of hydrogen-bond donors (Lipinski definition) is 0. The maximum Gasteiger partial charge on any atom is 0.198 e. The number of carbonyl (C=O) groups excluding carboxylic acids is 2. The summed E-state index contributed by atoms with van der Waals surface area (Å²) in [6.45, 7) is 7.25. The van der Waals surface area contributed by atoms with Crippen LogP contribution < -0.4 is 0 Å². The van der Waals surface area contributed by atoms with Gasteiger partial charge >= 0.3 is 0 Å². The summed E-state index contributed by atoms with van der Waals surface area (Å²) in [6, 6.07) is 7.02. The molecule has 0 fully saturated rings. The molecule has 0 amide bonds. The fourth-order valence-corrected chi connectivity index (χ4v) is 2.91. The molecule has 0 radical (unpaired) electrons. The number of Topliss-reactive ketones (excluding diaryl/α,β-unsaturated/α-hetero) is 2. The third-order valence-electron chi connectivity index (χ3n) is 3.97. The minimum Gasteiger partial charge on any atom is -0.351 e. The summed E-state index contributed by atoms with van der Waals surface area (Å²) in [4.78, 5) is 27.2. The standard InChI is InChI=1S/C19H19NO2/c1-12(2)11-20-9-8-14(10-13(20)3)17-18(21)15-6-4-5-7-16(15)19(17)22/h4-10,12H,11H2,1-3H3. The van der Waals surface area contributed by atoms with E-state index in [-0.39, 0.29) is 11.6 Å². The van der Waals surface area contributed by atoms with Gasteiger partial charge in [0.25, 0.3) is 0 Å². The molecular weight excluding hydrogens is 274 g/mol.